The van der Waals surface area contributed by atoms with Crippen LogP contribution >= 0.6 is 23.1 Å². The molecule has 0 unspecified atom stereocenters. The maximum atomic E-state index is 13.0. The Hall–Kier alpha value is -2.97. The lowest BCUT2D eigenvalue weighted by molar-refractivity contribution is 0.102. The zero-order chi connectivity index (χ0) is 23.5. The number of benzene rings is 2. The monoisotopic (exact) mass is 477 g/mol. The van der Waals surface area contributed by atoms with Gasteiger partial charge in [-0.1, -0.05) is 48.2 Å². The normalized spacial score (nSPS) is 11.1. The van der Waals surface area contributed by atoms with Gasteiger partial charge in [-0.05, 0) is 49.9 Å². The Balaban J connectivity index is 1.39. The van der Waals surface area contributed by atoms with Crippen LogP contribution < -0.4 is 5.32 Å². The van der Waals surface area contributed by atoms with Crippen molar-refractivity contribution in [3.63, 3.8) is 0 Å². The van der Waals surface area contributed by atoms with Gasteiger partial charge in [0.2, 0.25) is 0 Å². The molecule has 0 atom stereocenters. The highest BCUT2D eigenvalue weighted by Gasteiger charge is 2.18. The van der Waals surface area contributed by atoms with Crippen molar-refractivity contribution < 1.29 is 4.79 Å². The van der Waals surface area contributed by atoms with Crippen LogP contribution in [-0.2, 0) is 13.6 Å². The van der Waals surface area contributed by atoms with Crippen LogP contribution in [0.25, 0.3) is 11.3 Å². The quantitative estimate of drug-likeness (QED) is 0.257. The van der Waals surface area contributed by atoms with Crippen molar-refractivity contribution in [2.24, 2.45) is 7.05 Å². The van der Waals surface area contributed by atoms with E-state index in [0.29, 0.717) is 12.3 Å². The van der Waals surface area contributed by atoms with E-state index in [1.54, 1.807) is 11.3 Å². The van der Waals surface area contributed by atoms with Gasteiger partial charge in [-0.15, -0.1) is 21.5 Å². The molecule has 2 aromatic heterocycles. The van der Waals surface area contributed by atoms with Gasteiger partial charge in [0.05, 0.1) is 18.0 Å². The Morgan fingerprint density at radius 2 is 1.76 bits per heavy atom. The molecule has 0 radical (unpaired) electrons. The minimum Gasteiger partial charge on any atom is -0.354 e. The van der Waals surface area contributed by atoms with Crippen LogP contribution in [0.3, 0.4) is 0 Å². The van der Waals surface area contributed by atoms with E-state index in [9.17, 15) is 4.79 Å². The number of carbonyl (C=O) groups is 1. The van der Waals surface area contributed by atoms with Crippen molar-refractivity contribution in [2.75, 3.05) is 11.1 Å². The van der Waals surface area contributed by atoms with Gasteiger partial charge in [0.1, 0.15) is 0 Å². The highest BCUT2D eigenvalue weighted by molar-refractivity contribution is 7.99. The topological polar surface area (TPSA) is 72.7 Å². The molecule has 1 N–H and O–H groups in total. The molecular formula is C25H27N5OS2. The summed E-state index contributed by atoms with van der Waals surface area (Å²) in [4.78, 5) is 17.7. The number of aromatic nitrogens is 4. The summed E-state index contributed by atoms with van der Waals surface area (Å²) in [5.74, 6) is 1.25. The van der Waals surface area contributed by atoms with E-state index in [1.807, 2.05) is 61.2 Å². The Morgan fingerprint density at radius 3 is 2.45 bits per heavy atom. The van der Waals surface area contributed by atoms with Gasteiger partial charge >= 0.3 is 0 Å². The standard InChI is InChI=1S/C25H27N5OS2/c1-15-11-16(2)18(4)23(17(15)3)21(31)14-33-25-29-28-22(30(25)5)12-26-24-27-20(13-32-24)19-9-7-6-8-10-19/h6-11,13H,12,14H2,1-5H3,(H,26,27). The van der Waals surface area contributed by atoms with E-state index in [-0.39, 0.29) is 5.78 Å². The fourth-order valence-electron chi connectivity index (χ4n) is 3.71. The molecule has 4 aromatic rings. The van der Waals surface area contributed by atoms with Crippen LogP contribution in [0.15, 0.2) is 46.9 Å². The first-order valence-corrected chi connectivity index (χ1v) is 12.6. The summed E-state index contributed by atoms with van der Waals surface area (Å²) < 4.78 is 1.93. The average molecular weight is 478 g/mol. The van der Waals surface area contributed by atoms with Crippen molar-refractivity contribution in [2.45, 2.75) is 39.4 Å². The van der Waals surface area contributed by atoms with Crippen LogP contribution in [0.5, 0.6) is 0 Å². The Labute approximate surface area is 202 Å². The first-order valence-electron chi connectivity index (χ1n) is 10.7. The fourth-order valence-corrected chi connectivity index (χ4v) is 5.23. The van der Waals surface area contributed by atoms with Crippen LogP contribution in [0.2, 0.25) is 0 Å². The number of nitrogens with one attached hydrogen (secondary N) is 1. The summed E-state index contributed by atoms with van der Waals surface area (Å²) >= 11 is 2.99. The highest BCUT2D eigenvalue weighted by atomic mass is 32.2. The second-order valence-electron chi connectivity index (χ2n) is 8.06. The SMILES string of the molecule is Cc1cc(C)c(C)c(C(=O)CSc2nnc(CNc3nc(-c4ccccc4)cs3)n2C)c1C. The smallest absolute Gasteiger partial charge is 0.191 e. The number of hydrogen-bond acceptors (Lipinski definition) is 7. The second kappa shape index (κ2) is 9.89. The zero-order valence-corrected chi connectivity index (χ0v) is 21.1. The molecule has 2 heterocycles. The molecule has 8 heteroatoms. The van der Waals surface area contributed by atoms with Gasteiger partial charge in [0.25, 0.3) is 0 Å². The summed E-state index contributed by atoms with van der Waals surface area (Å²) in [6, 6.07) is 12.3. The molecule has 0 spiro atoms. The molecule has 2 aromatic carbocycles. The zero-order valence-electron chi connectivity index (χ0n) is 19.5. The van der Waals surface area contributed by atoms with Crippen LogP contribution in [0.1, 0.15) is 38.4 Å². The molecule has 0 saturated carbocycles. The van der Waals surface area contributed by atoms with Crippen molar-refractivity contribution in [3.05, 3.63) is 75.4 Å². The van der Waals surface area contributed by atoms with Crippen molar-refractivity contribution >= 4 is 34.0 Å². The van der Waals surface area contributed by atoms with Crippen molar-refractivity contribution in [1.29, 1.82) is 0 Å². The third-order valence-corrected chi connectivity index (χ3v) is 7.69. The molecule has 6 nitrogen and oxygen atoms in total. The number of aryl methyl sites for hydroxylation is 2. The molecule has 0 amide bonds. The molecule has 0 bridgehead atoms. The maximum absolute atomic E-state index is 13.0. The summed E-state index contributed by atoms with van der Waals surface area (Å²) in [6.07, 6.45) is 0. The number of Topliss-reactive ketones (excluding diaryl/α,β-unsaturated/α-hetero) is 1. The average Bonchev–Trinajstić information content (AvgIpc) is 3.42. The Bertz CT molecular complexity index is 1270. The van der Waals surface area contributed by atoms with E-state index in [0.717, 1.165) is 55.2 Å². The second-order valence-corrected chi connectivity index (χ2v) is 9.86. The lowest BCUT2D eigenvalue weighted by atomic mass is 9.92. The molecule has 0 aliphatic carbocycles. The number of nitrogens with zero attached hydrogens (tertiary/aromatic N) is 4. The maximum Gasteiger partial charge on any atom is 0.191 e. The van der Waals surface area contributed by atoms with Gasteiger partial charge in [0.15, 0.2) is 21.9 Å². The van der Waals surface area contributed by atoms with Gasteiger partial charge in [-0.25, -0.2) is 4.98 Å². The van der Waals surface area contributed by atoms with Gasteiger partial charge in [-0.2, -0.15) is 0 Å². The van der Waals surface area contributed by atoms with E-state index < -0.39 is 0 Å². The predicted octanol–water partition coefficient (Wildman–Crippen LogP) is 5.76. The van der Waals surface area contributed by atoms with Crippen molar-refractivity contribution in [3.8, 4) is 11.3 Å². The number of rotatable bonds is 8. The van der Waals surface area contributed by atoms with Crippen LogP contribution in [0.4, 0.5) is 5.13 Å². The summed E-state index contributed by atoms with van der Waals surface area (Å²) in [6.45, 7) is 8.66. The largest absolute Gasteiger partial charge is 0.354 e. The van der Waals surface area contributed by atoms with Crippen LogP contribution in [-0.4, -0.2) is 31.3 Å². The van der Waals surface area contributed by atoms with Crippen molar-refractivity contribution in [1.82, 2.24) is 19.7 Å². The van der Waals surface area contributed by atoms with Gasteiger partial charge in [-0.3, -0.25) is 4.79 Å². The minimum absolute atomic E-state index is 0.126. The number of carbonyl (C=O) groups excluding carboxylic acids is 1. The first-order chi connectivity index (χ1) is 15.8. The number of anilines is 1. The lowest BCUT2D eigenvalue weighted by Gasteiger charge is -2.14. The molecule has 33 heavy (non-hydrogen) atoms. The summed E-state index contributed by atoms with van der Waals surface area (Å²) in [7, 11) is 1.92. The minimum atomic E-state index is 0.126. The molecule has 0 aliphatic heterocycles. The number of hydrogen-bond donors (Lipinski definition) is 1. The summed E-state index contributed by atoms with van der Waals surface area (Å²) in [5.41, 5.74) is 7.30. The Morgan fingerprint density at radius 1 is 1.06 bits per heavy atom. The molecule has 170 valence electrons. The van der Waals surface area contributed by atoms with E-state index in [1.165, 1.54) is 11.8 Å². The van der Waals surface area contributed by atoms with E-state index in [2.05, 4.69) is 40.4 Å². The molecular weight excluding hydrogens is 450 g/mol. The number of thiazole rings is 1. The number of ketones is 1. The third kappa shape index (κ3) is 5.02. The van der Waals surface area contributed by atoms with Gasteiger partial charge in [0, 0.05) is 23.6 Å². The van der Waals surface area contributed by atoms with Crippen LogP contribution in [0, 0.1) is 27.7 Å². The molecule has 0 fully saturated rings. The number of thioether (sulfide) groups is 1. The Kier molecular flexibility index (Phi) is 6.95. The molecule has 0 aliphatic rings. The van der Waals surface area contributed by atoms with E-state index in [4.69, 9.17) is 0 Å². The lowest BCUT2D eigenvalue weighted by Crippen LogP contribution is -2.11. The first kappa shape index (κ1) is 23.2. The fraction of sp³-hybridized carbons (Fsp3) is 0.280. The predicted molar refractivity (Wildman–Crippen MR) is 136 cm³/mol. The molecule has 0 saturated heterocycles. The summed E-state index contributed by atoms with van der Waals surface area (Å²) in [5, 5.41) is 15.5. The van der Waals surface area contributed by atoms with Gasteiger partial charge < -0.3 is 9.88 Å². The van der Waals surface area contributed by atoms with E-state index >= 15 is 0 Å². The third-order valence-electron chi connectivity index (χ3n) is 5.87. The molecule has 4 rings (SSSR count). The highest BCUT2D eigenvalue weighted by Crippen LogP contribution is 2.26.